The lowest BCUT2D eigenvalue weighted by Crippen LogP contribution is -2.37. The molecule has 2 heteroatoms. The quantitative estimate of drug-likeness (QED) is 0.585. The molecule has 0 radical (unpaired) electrons. The molecule has 1 saturated heterocycles. The van der Waals surface area contributed by atoms with E-state index in [1.807, 2.05) is 37.3 Å². The van der Waals surface area contributed by atoms with E-state index in [2.05, 4.69) is 19.1 Å². The number of allylic oxidation sites excluding steroid dienone is 3. The van der Waals surface area contributed by atoms with Crippen molar-refractivity contribution >= 4 is 11.5 Å². The number of carbonyl (C=O) groups is 1. The van der Waals surface area contributed by atoms with Gasteiger partial charge < -0.3 is 4.74 Å². The van der Waals surface area contributed by atoms with E-state index in [4.69, 9.17) is 4.74 Å². The lowest BCUT2D eigenvalue weighted by molar-refractivity contribution is -0.155. The Hall–Kier alpha value is -1.83. The summed E-state index contributed by atoms with van der Waals surface area (Å²) in [5.74, 6) is -0.174. The van der Waals surface area contributed by atoms with E-state index in [0.717, 1.165) is 36.0 Å². The van der Waals surface area contributed by atoms with Crippen molar-refractivity contribution in [2.24, 2.45) is 0 Å². The molecule has 1 heterocycles. The number of ether oxygens (including phenoxy) is 1. The van der Waals surface area contributed by atoms with Crippen LogP contribution in [0, 0.1) is 0 Å². The molecule has 0 N–H and O–H groups in total. The number of cyclic esters (lactones) is 1. The van der Waals surface area contributed by atoms with E-state index in [0.29, 0.717) is 0 Å². The van der Waals surface area contributed by atoms with Crippen LogP contribution in [0.25, 0.3) is 5.57 Å². The van der Waals surface area contributed by atoms with Crippen molar-refractivity contribution in [2.45, 2.75) is 39.2 Å². The minimum absolute atomic E-state index is 0.0472. The monoisotopic (exact) mass is 256 g/mol. The van der Waals surface area contributed by atoms with Gasteiger partial charge in [-0.1, -0.05) is 62.8 Å². The SMILES string of the molecule is CCC/C=C/C(=C1\C(=O)OC1CC)c1ccccc1. The highest BCUT2D eigenvalue weighted by atomic mass is 16.6. The number of unbranched alkanes of at least 4 members (excludes halogenated alkanes) is 1. The van der Waals surface area contributed by atoms with Gasteiger partial charge in [-0.25, -0.2) is 4.79 Å². The van der Waals surface area contributed by atoms with Crippen molar-refractivity contribution in [3.05, 3.63) is 53.6 Å². The lowest BCUT2D eigenvalue weighted by atomic mass is 9.91. The maximum absolute atomic E-state index is 11.7. The molecule has 1 unspecified atom stereocenters. The Morgan fingerprint density at radius 1 is 1.26 bits per heavy atom. The summed E-state index contributed by atoms with van der Waals surface area (Å²) in [5, 5.41) is 0. The third kappa shape index (κ3) is 2.95. The van der Waals surface area contributed by atoms with Crippen LogP contribution in [0.15, 0.2) is 48.1 Å². The molecule has 2 nitrogen and oxygen atoms in total. The number of hydrogen-bond donors (Lipinski definition) is 0. The van der Waals surface area contributed by atoms with Gasteiger partial charge in [-0.05, 0) is 24.0 Å². The Morgan fingerprint density at radius 3 is 2.58 bits per heavy atom. The topological polar surface area (TPSA) is 26.3 Å². The molecular weight excluding hydrogens is 236 g/mol. The van der Waals surface area contributed by atoms with E-state index in [9.17, 15) is 4.79 Å². The van der Waals surface area contributed by atoms with Crippen LogP contribution >= 0.6 is 0 Å². The molecule has 2 rings (SSSR count). The highest BCUT2D eigenvalue weighted by Crippen LogP contribution is 2.33. The first-order valence-corrected chi connectivity index (χ1v) is 6.95. The number of benzene rings is 1. The molecule has 1 aromatic rings. The van der Waals surface area contributed by atoms with Gasteiger partial charge in [-0.2, -0.15) is 0 Å². The van der Waals surface area contributed by atoms with Gasteiger partial charge in [0.15, 0.2) is 0 Å². The van der Waals surface area contributed by atoms with Gasteiger partial charge in [-0.3, -0.25) is 0 Å². The van der Waals surface area contributed by atoms with Gasteiger partial charge in [0.25, 0.3) is 0 Å². The Balaban J connectivity index is 2.40. The summed E-state index contributed by atoms with van der Waals surface area (Å²) in [6.45, 7) is 4.18. The van der Waals surface area contributed by atoms with E-state index in [1.54, 1.807) is 0 Å². The minimum Gasteiger partial charge on any atom is -0.454 e. The van der Waals surface area contributed by atoms with Crippen LogP contribution in [0.4, 0.5) is 0 Å². The van der Waals surface area contributed by atoms with Crippen LogP contribution in [0.1, 0.15) is 38.7 Å². The van der Waals surface area contributed by atoms with Gasteiger partial charge in [0, 0.05) is 0 Å². The van der Waals surface area contributed by atoms with Crippen LogP contribution in [-0.2, 0) is 9.53 Å². The Kier molecular flexibility index (Phi) is 4.56. The van der Waals surface area contributed by atoms with Crippen LogP contribution in [0.5, 0.6) is 0 Å². The second kappa shape index (κ2) is 6.37. The highest BCUT2D eigenvalue weighted by molar-refractivity contribution is 6.05. The third-order valence-corrected chi connectivity index (χ3v) is 3.28. The molecular formula is C17H20O2. The lowest BCUT2D eigenvalue weighted by Gasteiger charge is -2.30. The van der Waals surface area contributed by atoms with Gasteiger partial charge in [0.05, 0.1) is 5.57 Å². The molecule has 1 fully saturated rings. The zero-order chi connectivity index (χ0) is 13.7. The van der Waals surface area contributed by atoms with Crippen molar-refractivity contribution in [3.8, 4) is 0 Å². The summed E-state index contributed by atoms with van der Waals surface area (Å²) in [4.78, 5) is 11.7. The molecule has 0 amide bonds. The fraction of sp³-hybridized carbons (Fsp3) is 0.353. The molecule has 1 atom stereocenters. The summed E-state index contributed by atoms with van der Waals surface area (Å²) < 4.78 is 5.18. The molecule has 0 aliphatic carbocycles. The average molecular weight is 256 g/mol. The number of esters is 1. The number of hydrogen-bond acceptors (Lipinski definition) is 2. The van der Waals surface area contributed by atoms with E-state index in [1.165, 1.54) is 0 Å². The molecule has 1 aliphatic heterocycles. The zero-order valence-electron chi connectivity index (χ0n) is 11.6. The molecule has 1 aliphatic rings. The van der Waals surface area contributed by atoms with E-state index in [-0.39, 0.29) is 12.1 Å². The summed E-state index contributed by atoms with van der Waals surface area (Å²) >= 11 is 0. The predicted octanol–water partition coefficient (Wildman–Crippen LogP) is 4.13. The number of carbonyl (C=O) groups excluding carboxylic acids is 1. The molecule has 19 heavy (non-hydrogen) atoms. The second-order valence-electron chi connectivity index (χ2n) is 4.69. The van der Waals surface area contributed by atoms with Crippen molar-refractivity contribution in [1.29, 1.82) is 0 Å². The summed E-state index contributed by atoms with van der Waals surface area (Å²) in [5.41, 5.74) is 2.91. The van der Waals surface area contributed by atoms with E-state index < -0.39 is 0 Å². The molecule has 0 bridgehead atoms. The highest BCUT2D eigenvalue weighted by Gasteiger charge is 2.36. The molecule has 0 aromatic heterocycles. The van der Waals surface area contributed by atoms with Crippen LogP contribution < -0.4 is 0 Å². The van der Waals surface area contributed by atoms with Crippen molar-refractivity contribution in [2.75, 3.05) is 0 Å². The van der Waals surface area contributed by atoms with Gasteiger partial charge in [0.2, 0.25) is 0 Å². The first-order chi connectivity index (χ1) is 9.27. The van der Waals surface area contributed by atoms with Crippen molar-refractivity contribution < 1.29 is 9.53 Å². The molecule has 1 aromatic carbocycles. The molecule has 0 spiro atoms. The fourth-order valence-corrected chi connectivity index (χ4v) is 2.22. The third-order valence-electron chi connectivity index (χ3n) is 3.28. The maximum Gasteiger partial charge on any atom is 0.339 e. The largest absolute Gasteiger partial charge is 0.454 e. The first-order valence-electron chi connectivity index (χ1n) is 6.95. The maximum atomic E-state index is 11.7. The van der Waals surface area contributed by atoms with Gasteiger partial charge >= 0.3 is 5.97 Å². The normalized spacial score (nSPS) is 21.2. The minimum atomic E-state index is -0.174. The molecule has 0 saturated carbocycles. The Bertz CT molecular complexity index is 497. The van der Waals surface area contributed by atoms with Gasteiger partial charge in [0.1, 0.15) is 6.10 Å². The second-order valence-corrected chi connectivity index (χ2v) is 4.69. The zero-order valence-corrected chi connectivity index (χ0v) is 11.6. The van der Waals surface area contributed by atoms with Crippen LogP contribution in [0.3, 0.4) is 0 Å². The van der Waals surface area contributed by atoms with Crippen LogP contribution in [0.2, 0.25) is 0 Å². The standard InChI is InChI=1S/C17H20O2/c1-3-5-7-12-14(13-10-8-6-9-11-13)16-15(4-2)19-17(16)18/h6-12,15H,3-5H2,1-2H3/b12-7+,16-14+. The van der Waals surface area contributed by atoms with Crippen LogP contribution in [-0.4, -0.2) is 12.1 Å². The van der Waals surface area contributed by atoms with Gasteiger partial charge in [-0.15, -0.1) is 0 Å². The first kappa shape index (κ1) is 13.6. The number of rotatable bonds is 5. The average Bonchev–Trinajstić information content (AvgIpc) is 2.44. The summed E-state index contributed by atoms with van der Waals surface area (Å²) in [7, 11) is 0. The summed E-state index contributed by atoms with van der Waals surface area (Å²) in [6, 6.07) is 10.1. The fourth-order valence-electron chi connectivity index (χ4n) is 2.22. The smallest absolute Gasteiger partial charge is 0.339 e. The Labute approximate surface area is 114 Å². The predicted molar refractivity (Wildman–Crippen MR) is 77.6 cm³/mol. The van der Waals surface area contributed by atoms with Crippen molar-refractivity contribution in [1.82, 2.24) is 0 Å². The molecule has 100 valence electrons. The van der Waals surface area contributed by atoms with Crippen molar-refractivity contribution in [3.63, 3.8) is 0 Å². The summed E-state index contributed by atoms with van der Waals surface area (Å²) in [6.07, 6.45) is 7.11. The van der Waals surface area contributed by atoms with E-state index >= 15 is 0 Å². The Morgan fingerprint density at radius 2 is 2.00 bits per heavy atom.